The average Bonchev–Trinajstić information content (AvgIpc) is 2.28. The maximum Gasteiger partial charge on any atom is 0.416 e. The van der Waals surface area contributed by atoms with Gasteiger partial charge in [-0.1, -0.05) is 34.7 Å². The molecule has 0 aliphatic heterocycles. The third-order valence-corrected chi connectivity index (χ3v) is 3.11. The van der Waals surface area contributed by atoms with Crippen molar-refractivity contribution in [3.63, 3.8) is 0 Å². The molecule has 0 nitrogen and oxygen atoms in total. The van der Waals surface area contributed by atoms with Crippen LogP contribution in [-0.4, -0.2) is 4.43 Å². The monoisotopic (exact) mass is 376 g/mol. The molecule has 0 unspecified atom stereocenters. The molecule has 0 radical (unpaired) electrons. The van der Waals surface area contributed by atoms with E-state index >= 15 is 0 Å². The number of allylic oxidation sites excluding steroid dienone is 1. The van der Waals surface area contributed by atoms with Crippen molar-refractivity contribution in [3.8, 4) is 0 Å². The molecule has 1 rings (SSSR count). The lowest BCUT2D eigenvalue weighted by atomic mass is 10.0. The Hall–Kier alpha value is -0.660. The molecular weight excluding hydrogens is 366 g/mol. The smallest absolute Gasteiger partial charge is 0.173 e. The lowest BCUT2D eigenvalue weighted by Gasteiger charge is -2.09. The van der Waals surface area contributed by atoms with Crippen molar-refractivity contribution in [2.75, 3.05) is 4.43 Å². The van der Waals surface area contributed by atoms with Gasteiger partial charge < -0.3 is 0 Å². The van der Waals surface area contributed by atoms with Crippen molar-refractivity contribution in [1.82, 2.24) is 0 Å². The molecule has 0 spiro atoms. The van der Waals surface area contributed by atoms with Gasteiger partial charge in [0.1, 0.15) is 0 Å². The Labute approximate surface area is 115 Å². The fourth-order valence-electron chi connectivity index (χ4n) is 1.45. The van der Waals surface area contributed by atoms with Crippen LogP contribution in [-0.2, 0) is 6.18 Å². The minimum Gasteiger partial charge on any atom is -0.173 e. The van der Waals surface area contributed by atoms with Crippen molar-refractivity contribution in [2.45, 2.75) is 19.0 Å². The lowest BCUT2D eigenvalue weighted by molar-refractivity contribution is -0.137. The van der Waals surface area contributed by atoms with Gasteiger partial charge in [0.25, 0.3) is 6.08 Å². The molecule has 0 fully saturated rings. The van der Waals surface area contributed by atoms with Crippen molar-refractivity contribution in [2.24, 2.45) is 0 Å². The summed E-state index contributed by atoms with van der Waals surface area (Å²) in [7, 11) is 0. The Morgan fingerprint density at radius 2 is 1.61 bits per heavy atom. The highest BCUT2D eigenvalue weighted by Crippen LogP contribution is 2.32. The molecule has 0 atom stereocenters. The van der Waals surface area contributed by atoms with Gasteiger partial charge in [0.05, 0.1) is 5.56 Å². The van der Waals surface area contributed by atoms with Gasteiger partial charge >= 0.3 is 6.18 Å². The molecule has 0 N–H and O–H groups in total. The van der Waals surface area contributed by atoms with Crippen molar-refractivity contribution >= 4 is 28.2 Å². The largest absolute Gasteiger partial charge is 0.416 e. The van der Waals surface area contributed by atoms with E-state index in [2.05, 4.69) is 22.6 Å². The summed E-state index contributed by atoms with van der Waals surface area (Å²) in [6.45, 7) is 0. The second-order valence-corrected chi connectivity index (χ2v) is 4.69. The number of alkyl halides is 4. The van der Waals surface area contributed by atoms with Crippen LogP contribution in [0.4, 0.5) is 22.0 Å². The van der Waals surface area contributed by atoms with Gasteiger partial charge in [-0.2, -0.15) is 22.0 Å². The Kier molecular flexibility index (Phi) is 5.55. The van der Waals surface area contributed by atoms with Gasteiger partial charge in [0, 0.05) is 5.57 Å². The van der Waals surface area contributed by atoms with Crippen LogP contribution in [0.3, 0.4) is 0 Å². The predicted octanol–water partition coefficient (Wildman–Crippen LogP) is 5.53. The first-order chi connectivity index (χ1) is 8.36. The molecule has 0 saturated heterocycles. The molecule has 0 aliphatic rings. The maximum absolute atomic E-state index is 12.7. The summed E-state index contributed by atoms with van der Waals surface area (Å²) in [5, 5.41) is 0. The zero-order valence-corrected chi connectivity index (χ0v) is 11.4. The first kappa shape index (κ1) is 15.4. The van der Waals surface area contributed by atoms with Gasteiger partial charge in [-0.3, -0.25) is 0 Å². The molecule has 0 bridgehead atoms. The van der Waals surface area contributed by atoms with E-state index in [1.165, 1.54) is 0 Å². The van der Waals surface area contributed by atoms with E-state index in [9.17, 15) is 22.0 Å². The highest BCUT2D eigenvalue weighted by Gasteiger charge is 2.30. The third-order valence-electron chi connectivity index (χ3n) is 2.35. The van der Waals surface area contributed by atoms with Crippen LogP contribution in [0, 0.1) is 0 Å². The summed E-state index contributed by atoms with van der Waals surface area (Å²) >= 11 is 2.06. The summed E-state index contributed by atoms with van der Waals surface area (Å²) in [6.07, 6.45) is -5.55. The molecule has 0 saturated carbocycles. The molecule has 0 aromatic heterocycles. The molecule has 18 heavy (non-hydrogen) atoms. The third kappa shape index (κ3) is 4.22. The number of hydrogen-bond donors (Lipinski definition) is 0. The molecule has 0 aliphatic carbocycles. The number of halogens is 6. The van der Waals surface area contributed by atoms with E-state index in [0.29, 0.717) is 6.42 Å². The molecule has 1 aromatic carbocycles. The van der Waals surface area contributed by atoms with E-state index in [4.69, 9.17) is 0 Å². The summed E-state index contributed by atoms with van der Waals surface area (Å²) in [6, 6.07) is 3.82. The summed E-state index contributed by atoms with van der Waals surface area (Å²) < 4.78 is 63.1. The van der Waals surface area contributed by atoms with Crippen LogP contribution in [0.2, 0.25) is 0 Å². The van der Waals surface area contributed by atoms with Crippen molar-refractivity contribution < 1.29 is 22.0 Å². The van der Waals surface area contributed by atoms with Crippen LogP contribution < -0.4 is 0 Å². The van der Waals surface area contributed by atoms with Crippen LogP contribution >= 0.6 is 22.6 Å². The maximum atomic E-state index is 12.7. The molecule has 0 amide bonds. The fraction of sp³-hybridized carbons (Fsp3) is 0.333. The summed E-state index contributed by atoms with van der Waals surface area (Å²) in [4.78, 5) is 0. The SMILES string of the molecule is FC(F)=C(CCCI)c1ccc(C(F)(F)F)cc1. The second-order valence-electron chi connectivity index (χ2n) is 3.61. The molecular formula is C12H10F5I. The molecule has 100 valence electrons. The standard InChI is InChI=1S/C12H10F5I/c13-11(14)10(2-1-7-18)8-3-5-9(6-4-8)12(15,16)17/h3-6H,1-2,7H2. The minimum absolute atomic E-state index is 0.146. The highest BCUT2D eigenvalue weighted by molar-refractivity contribution is 14.1. The van der Waals surface area contributed by atoms with Gasteiger partial charge in [0.15, 0.2) is 0 Å². The Balaban J connectivity index is 2.99. The second kappa shape index (κ2) is 6.49. The number of hydrogen-bond acceptors (Lipinski definition) is 0. The predicted molar refractivity (Wildman–Crippen MR) is 68.7 cm³/mol. The zero-order chi connectivity index (χ0) is 13.8. The fourth-order valence-corrected chi connectivity index (χ4v) is 1.83. The number of rotatable bonds is 4. The van der Waals surface area contributed by atoms with Crippen LogP contribution in [0.15, 0.2) is 30.3 Å². The van der Waals surface area contributed by atoms with Crippen molar-refractivity contribution in [3.05, 3.63) is 41.5 Å². The first-order valence-corrected chi connectivity index (χ1v) is 6.66. The van der Waals surface area contributed by atoms with E-state index in [-0.39, 0.29) is 17.6 Å². The Morgan fingerprint density at radius 3 is 2.00 bits per heavy atom. The van der Waals surface area contributed by atoms with E-state index in [0.717, 1.165) is 28.7 Å². The topological polar surface area (TPSA) is 0 Å². The number of benzene rings is 1. The molecule has 6 heteroatoms. The van der Waals surface area contributed by atoms with E-state index in [1.807, 2.05) is 0 Å². The first-order valence-electron chi connectivity index (χ1n) is 5.14. The average molecular weight is 376 g/mol. The van der Waals surface area contributed by atoms with Crippen LogP contribution in [0.25, 0.3) is 5.57 Å². The van der Waals surface area contributed by atoms with Crippen LogP contribution in [0.5, 0.6) is 0 Å². The Morgan fingerprint density at radius 1 is 1.06 bits per heavy atom. The van der Waals surface area contributed by atoms with Gasteiger partial charge in [-0.05, 0) is 35.0 Å². The zero-order valence-electron chi connectivity index (χ0n) is 9.20. The Bertz CT molecular complexity index is 415. The van der Waals surface area contributed by atoms with Gasteiger partial charge in [-0.15, -0.1) is 0 Å². The molecule has 0 heterocycles. The van der Waals surface area contributed by atoms with E-state index in [1.54, 1.807) is 0 Å². The van der Waals surface area contributed by atoms with Crippen molar-refractivity contribution in [1.29, 1.82) is 0 Å². The summed E-state index contributed by atoms with van der Waals surface area (Å²) in [5.41, 5.74) is -0.869. The molecule has 1 aromatic rings. The van der Waals surface area contributed by atoms with Crippen LogP contribution in [0.1, 0.15) is 24.0 Å². The highest BCUT2D eigenvalue weighted by atomic mass is 127. The van der Waals surface area contributed by atoms with E-state index < -0.39 is 17.8 Å². The van der Waals surface area contributed by atoms with Gasteiger partial charge in [-0.25, -0.2) is 0 Å². The van der Waals surface area contributed by atoms with Gasteiger partial charge in [0.2, 0.25) is 0 Å². The lowest BCUT2D eigenvalue weighted by Crippen LogP contribution is -2.04. The normalized spacial score (nSPS) is 11.4. The summed E-state index contributed by atoms with van der Waals surface area (Å²) in [5.74, 6) is 0. The quantitative estimate of drug-likeness (QED) is 0.368. The minimum atomic E-state index is -4.45.